The Bertz CT molecular complexity index is 341. The minimum atomic E-state index is -1.29. The van der Waals surface area contributed by atoms with Gasteiger partial charge in [-0.2, -0.15) is 12.6 Å². The molecule has 0 aromatic rings. The largest absolute Gasteiger partial charge is 0.464 e. The van der Waals surface area contributed by atoms with Crippen LogP contribution in [0.5, 0.6) is 0 Å². The highest BCUT2D eigenvalue weighted by Crippen LogP contribution is 2.05. The zero-order valence-corrected chi connectivity index (χ0v) is 22.4. The first-order valence-electron chi connectivity index (χ1n) is 8.16. The first kappa shape index (κ1) is 25.6. The quantitative estimate of drug-likeness (QED) is 0.256. The molecule has 1 atom stereocenters. The fourth-order valence-corrected chi connectivity index (χ4v) is 13.7. The summed E-state index contributed by atoms with van der Waals surface area (Å²) in [5.74, 6) is 1.09. The predicted octanol–water partition coefficient (Wildman–Crippen LogP) is 1.52. The van der Waals surface area contributed by atoms with E-state index in [2.05, 4.69) is 38.8 Å². The SMILES string of the molecule is C=C(C)C(=O)OCC(C)C.C[SiH](CCCS)O[SiH2][Si](C)(C)O[SiH3]. The highest BCUT2D eigenvalue weighted by molar-refractivity contribution is 7.80. The van der Waals surface area contributed by atoms with Crippen molar-refractivity contribution in [1.82, 2.24) is 0 Å². The molecule has 1 unspecified atom stereocenters. The molecule has 138 valence electrons. The summed E-state index contributed by atoms with van der Waals surface area (Å²) in [7, 11) is -1.60. The number of ether oxygens (including phenoxy) is 1. The molecule has 0 aromatic heterocycles. The Balaban J connectivity index is 0. The van der Waals surface area contributed by atoms with Crippen LogP contribution in [0.15, 0.2) is 12.2 Å². The van der Waals surface area contributed by atoms with E-state index in [0.29, 0.717) is 18.1 Å². The zero-order chi connectivity index (χ0) is 18.5. The third kappa shape index (κ3) is 18.5. The maximum Gasteiger partial charge on any atom is 0.333 e. The minimum Gasteiger partial charge on any atom is -0.464 e. The lowest BCUT2D eigenvalue weighted by molar-refractivity contribution is -0.139. The van der Waals surface area contributed by atoms with Gasteiger partial charge in [0.2, 0.25) is 0 Å². The van der Waals surface area contributed by atoms with E-state index in [0.717, 1.165) is 16.2 Å². The highest BCUT2D eigenvalue weighted by Gasteiger charge is 2.22. The summed E-state index contributed by atoms with van der Waals surface area (Å²) in [5.41, 5.74) is 0.459. The van der Waals surface area contributed by atoms with Gasteiger partial charge >= 0.3 is 5.97 Å². The first-order valence-corrected chi connectivity index (χ1v) is 17.9. The number of thiol groups is 1. The number of carbonyl (C=O) groups is 1. The summed E-state index contributed by atoms with van der Waals surface area (Å²) in [6, 6.07) is 1.28. The second-order valence-electron chi connectivity index (χ2n) is 6.72. The molecule has 0 saturated heterocycles. The Hall–Kier alpha value is 0.348. The average molecular weight is 413 g/mol. The van der Waals surface area contributed by atoms with E-state index in [1.807, 2.05) is 13.8 Å². The van der Waals surface area contributed by atoms with Crippen molar-refractivity contribution in [3.05, 3.63) is 12.2 Å². The summed E-state index contributed by atoms with van der Waals surface area (Å²) in [6.45, 7) is 16.4. The predicted molar refractivity (Wildman–Crippen MR) is 115 cm³/mol. The van der Waals surface area contributed by atoms with Gasteiger partial charge in [0.15, 0.2) is 26.2 Å². The van der Waals surface area contributed by atoms with Gasteiger partial charge in [-0.15, -0.1) is 0 Å². The van der Waals surface area contributed by atoms with Gasteiger partial charge in [-0.3, -0.25) is 0 Å². The average Bonchev–Trinajstić information content (AvgIpc) is 2.49. The van der Waals surface area contributed by atoms with E-state index in [1.54, 1.807) is 6.92 Å². The van der Waals surface area contributed by atoms with Gasteiger partial charge in [-0.05, 0) is 50.7 Å². The van der Waals surface area contributed by atoms with Crippen LogP contribution in [-0.4, -0.2) is 55.0 Å². The summed E-state index contributed by atoms with van der Waals surface area (Å²) in [5, 5.41) is 0. The second kappa shape index (κ2) is 14.7. The van der Waals surface area contributed by atoms with Crippen molar-refractivity contribution >= 4 is 55.2 Å². The summed E-state index contributed by atoms with van der Waals surface area (Å²) < 4.78 is 16.4. The molecular formula is C14H36O4SSi4. The van der Waals surface area contributed by atoms with Crippen molar-refractivity contribution in [3.8, 4) is 0 Å². The van der Waals surface area contributed by atoms with Crippen LogP contribution >= 0.6 is 12.6 Å². The van der Waals surface area contributed by atoms with Gasteiger partial charge < -0.3 is 13.0 Å². The maximum atomic E-state index is 10.7. The van der Waals surface area contributed by atoms with E-state index >= 15 is 0 Å². The lowest BCUT2D eigenvalue weighted by atomic mass is 10.2. The zero-order valence-electron chi connectivity index (χ0n) is 16.0. The van der Waals surface area contributed by atoms with Gasteiger partial charge in [-0.1, -0.05) is 20.4 Å². The van der Waals surface area contributed by atoms with Gasteiger partial charge in [0.25, 0.3) is 0 Å². The first-order chi connectivity index (χ1) is 10.6. The molecule has 0 saturated carbocycles. The Morgan fingerprint density at radius 1 is 1.43 bits per heavy atom. The monoisotopic (exact) mass is 412 g/mol. The van der Waals surface area contributed by atoms with Gasteiger partial charge in [0.05, 0.1) is 6.61 Å². The van der Waals surface area contributed by atoms with Crippen LogP contribution in [0, 0.1) is 5.92 Å². The van der Waals surface area contributed by atoms with Crippen LogP contribution < -0.4 is 0 Å². The molecule has 0 aliphatic rings. The molecule has 0 N–H and O–H groups in total. The molecule has 0 radical (unpaired) electrons. The fraction of sp³-hybridized carbons (Fsp3) is 0.786. The van der Waals surface area contributed by atoms with Crippen LogP contribution in [0.25, 0.3) is 0 Å². The molecule has 0 heterocycles. The van der Waals surface area contributed by atoms with Crippen LogP contribution in [0.2, 0.25) is 25.7 Å². The number of rotatable bonds is 10. The van der Waals surface area contributed by atoms with E-state index in [9.17, 15) is 4.79 Å². The normalized spacial score (nSPS) is 13.0. The molecule has 9 heteroatoms. The molecule has 0 rings (SSSR count). The molecule has 0 aromatic carbocycles. The van der Waals surface area contributed by atoms with Crippen molar-refractivity contribution in [1.29, 1.82) is 0 Å². The third-order valence-corrected chi connectivity index (χ3v) is 18.7. The summed E-state index contributed by atoms with van der Waals surface area (Å²) >= 11 is 4.21. The maximum absolute atomic E-state index is 10.7. The number of hydrogen-bond acceptors (Lipinski definition) is 5. The molecule has 0 amide bonds. The van der Waals surface area contributed by atoms with E-state index in [1.165, 1.54) is 12.5 Å². The Morgan fingerprint density at radius 2 is 2.00 bits per heavy atom. The van der Waals surface area contributed by atoms with Gasteiger partial charge in [0, 0.05) is 5.57 Å². The number of hydrogen-bond donors (Lipinski definition) is 1. The Morgan fingerprint density at radius 3 is 2.39 bits per heavy atom. The third-order valence-electron chi connectivity index (χ3n) is 2.93. The van der Waals surface area contributed by atoms with Crippen LogP contribution in [0.1, 0.15) is 27.2 Å². The minimum absolute atomic E-state index is 0.297. The molecule has 0 aliphatic heterocycles. The summed E-state index contributed by atoms with van der Waals surface area (Å²) in [6.07, 6.45) is 1.22. The topological polar surface area (TPSA) is 44.8 Å². The van der Waals surface area contributed by atoms with Crippen molar-refractivity contribution < 1.29 is 17.8 Å². The lowest BCUT2D eigenvalue weighted by Gasteiger charge is -2.22. The second-order valence-corrected chi connectivity index (χ2v) is 22.1. The lowest BCUT2D eigenvalue weighted by Crippen LogP contribution is -2.41. The van der Waals surface area contributed by atoms with Crippen LogP contribution in [0.3, 0.4) is 0 Å². The van der Waals surface area contributed by atoms with Crippen molar-refractivity contribution in [2.75, 3.05) is 12.4 Å². The number of carbonyl (C=O) groups excluding carboxylic acids is 1. The van der Waals surface area contributed by atoms with E-state index in [4.69, 9.17) is 13.0 Å². The smallest absolute Gasteiger partial charge is 0.333 e. The highest BCUT2D eigenvalue weighted by atomic mass is 32.1. The van der Waals surface area contributed by atoms with E-state index in [-0.39, 0.29) is 15.2 Å². The van der Waals surface area contributed by atoms with Crippen LogP contribution in [0.4, 0.5) is 0 Å². The molecule has 0 fully saturated rings. The molecule has 0 bridgehead atoms. The molecule has 0 spiro atoms. The molecular weight excluding hydrogens is 377 g/mol. The molecule has 0 aliphatic carbocycles. The van der Waals surface area contributed by atoms with Crippen molar-refractivity contribution in [2.45, 2.75) is 52.9 Å². The Labute approximate surface area is 156 Å². The standard InChI is InChI=1S/C8H14O2.C6H22O2SSi4/c1-6(2)5-10-8(9)7(3)4;1-12(6-4-5-9)8-11-13(2,3)7-10/h6H,3,5H2,1-2,4H3;9,12H,4-6,11H2,1-3,10H3. The van der Waals surface area contributed by atoms with Crippen molar-refractivity contribution in [3.63, 3.8) is 0 Å². The Kier molecular flexibility index (Phi) is 16.3. The van der Waals surface area contributed by atoms with Gasteiger partial charge in [-0.25, -0.2) is 4.79 Å². The molecule has 4 nitrogen and oxygen atoms in total. The fourth-order valence-electron chi connectivity index (χ4n) is 1.23. The van der Waals surface area contributed by atoms with Crippen molar-refractivity contribution in [2.24, 2.45) is 5.92 Å². The number of esters is 1. The van der Waals surface area contributed by atoms with Crippen LogP contribution in [-0.2, 0) is 17.8 Å². The summed E-state index contributed by atoms with van der Waals surface area (Å²) in [4.78, 5) is 10.7. The van der Waals surface area contributed by atoms with E-state index < -0.39 is 16.9 Å². The molecule has 23 heavy (non-hydrogen) atoms. The van der Waals surface area contributed by atoms with Gasteiger partial charge in [0.1, 0.15) is 10.5 Å².